The monoisotopic (exact) mass is 302 g/mol. The first-order valence-electron chi connectivity index (χ1n) is 5.59. The number of amides is 1. The van der Waals surface area contributed by atoms with E-state index in [1.54, 1.807) is 12.1 Å². The van der Waals surface area contributed by atoms with Gasteiger partial charge in [-0.3, -0.25) is 4.79 Å². The summed E-state index contributed by atoms with van der Waals surface area (Å²) in [6.07, 6.45) is 0.825. The van der Waals surface area contributed by atoms with Gasteiger partial charge in [-0.25, -0.2) is 4.39 Å². The molecule has 0 bridgehead atoms. The van der Waals surface area contributed by atoms with Crippen molar-refractivity contribution in [2.24, 2.45) is 0 Å². The first kappa shape index (κ1) is 14.1. The summed E-state index contributed by atoms with van der Waals surface area (Å²) in [4.78, 5) is 11.7. The maximum absolute atomic E-state index is 13.4. The molecule has 1 rings (SSSR count). The zero-order valence-electron chi connectivity index (χ0n) is 9.72. The number of halogens is 2. The molecular formula is C12H16BrFN2O. The topological polar surface area (TPSA) is 41.1 Å². The molecule has 94 valence electrons. The molecule has 0 atom stereocenters. The molecule has 0 saturated carbocycles. The zero-order chi connectivity index (χ0) is 12.7. The third-order valence-electron chi connectivity index (χ3n) is 2.26. The molecule has 0 aliphatic heterocycles. The first-order valence-corrected chi connectivity index (χ1v) is 6.39. The van der Waals surface area contributed by atoms with Crippen molar-refractivity contribution in [2.75, 3.05) is 19.6 Å². The second-order valence-electron chi connectivity index (χ2n) is 3.56. The summed E-state index contributed by atoms with van der Waals surface area (Å²) in [5.41, 5.74) is 0.0657. The molecular weight excluding hydrogens is 287 g/mol. The van der Waals surface area contributed by atoms with E-state index in [1.807, 2.05) is 6.92 Å². The van der Waals surface area contributed by atoms with Gasteiger partial charge in [0.05, 0.1) is 5.56 Å². The Morgan fingerprint density at radius 2 is 2.18 bits per heavy atom. The highest BCUT2D eigenvalue weighted by Gasteiger charge is 2.14. The third-order valence-corrected chi connectivity index (χ3v) is 2.92. The highest BCUT2D eigenvalue weighted by atomic mass is 79.9. The predicted molar refractivity (Wildman–Crippen MR) is 69.6 cm³/mol. The van der Waals surface area contributed by atoms with Gasteiger partial charge in [0, 0.05) is 11.0 Å². The summed E-state index contributed by atoms with van der Waals surface area (Å²) in [5, 5.41) is 5.84. The van der Waals surface area contributed by atoms with Gasteiger partial charge in [0.1, 0.15) is 5.82 Å². The van der Waals surface area contributed by atoms with Crippen molar-refractivity contribution in [3.05, 3.63) is 34.1 Å². The van der Waals surface area contributed by atoms with Crippen molar-refractivity contribution in [3.63, 3.8) is 0 Å². The van der Waals surface area contributed by atoms with Crippen LogP contribution >= 0.6 is 15.9 Å². The van der Waals surface area contributed by atoms with Crippen LogP contribution in [0.25, 0.3) is 0 Å². The van der Waals surface area contributed by atoms with E-state index in [0.29, 0.717) is 11.0 Å². The van der Waals surface area contributed by atoms with Gasteiger partial charge in [0.2, 0.25) is 0 Å². The van der Waals surface area contributed by atoms with E-state index < -0.39 is 5.82 Å². The second kappa shape index (κ2) is 7.40. The van der Waals surface area contributed by atoms with Crippen LogP contribution < -0.4 is 10.6 Å². The fourth-order valence-corrected chi connectivity index (χ4v) is 1.92. The SMILES string of the molecule is CCNCCCNC(=O)c1c(F)cccc1Br. The summed E-state index contributed by atoms with van der Waals surface area (Å²) < 4.78 is 13.9. The molecule has 3 nitrogen and oxygen atoms in total. The lowest BCUT2D eigenvalue weighted by Crippen LogP contribution is -2.28. The first-order chi connectivity index (χ1) is 8.16. The van der Waals surface area contributed by atoms with Crippen LogP contribution in [0.2, 0.25) is 0 Å². The number of carbonyl (C=O) groups excluding carboxylic acids is 1. The van der Waals surface area contributed by atoms with Gasteiger partial charge in [-0.1, -0.05) is 13.0 Å². The van der Waals surface area contributed by atoms with Crippen LogP contribution in [0.5, 0.6) is 0 Å². The Bertz CT molecular complexity index is 365. The van der Waals surface area contributed by atoms with Gasteiger partial charge in [0.25, 0.3) is 5.91 Å². The molecule has 0 aliphatic carbocycles. The number of rotatable bonds is 6. The molecule has 0 saturated heterocycles. The van der Waals surface area contributed by atoms with E-state index >= 15 is 0 Å². The molecule has 0 heterocycles. The lowest BCUT2D eigenvalue weighted by atomic mass is 10.2. The van der Waals surface area contributed by atoms with E-state index in [2.05, 4.69) is 26.6 Å². The van der Waals surface area contributed by atoms with Gasteiger partial charge in [-0.15, -0.1) is 0 Å². The van der Waals surface area contributed by atoms with Crippen LogP contribution in [0.4, 0.5) is 4.39 Å². The smallest absolute Gasteiger partial charge is 0.255 e. The molecule has 1 aromatic carbocycles. The molecule has 5 heteroatoms. The lowest BCUT2D eigenvalue weighted by Gasteiger charge is -2.07. The van der Waals surface area contributed by atoms with Crippen molar-refractivity contribution in [2.45, 2.75) is 13.3 Å². The van der Waals surface area contributed by atoms with E-state index in [-0.39, 0.29) is 11.5 Å². The van der Waals surface area contributed by atoms with E-state index in [4.69, 9.17) is 0 Å². The Labute approximate surface area is 109 Å². The molecule has 0 aliphatic rings. The Balaban J connectivity index is 2.47. The Morgan fingerprint density at radius 3 is 2.82 bits per heavy atom. The molecule has 0 unspecified atom stereocenters. The Morgan fingerprint density at radius 1 is 1.41 bits per heavy atom. The molecule has 0 aromatic heterocycles. The summed E-state index contributed by atoms with van der Waals surface area (Å²) in [7, 11) is 0. The molecule has 0 fully saturated rings. The summed E-state index contributed by atoms with van der Waals surface area (Å²) in [5.74, 6) is -0.893. The Kier molecular flexibility index (Phi) is 6.15. The molecule has 17 heavy (non-hydrogen) atoms. The van der Waals surface area contributed by atoms with Crippen molar-refractivity contribution in [1.82, 2.24) is 10.6 Å². The fraction of sp³-hybridized carbons (Fsp3) is 0.417. The minimum absolute atomic E-state index is 0.0657. The summed E-state index contributed by atoms with van der Waals surface area (Å²) in [6.45, 7) is 4.31. The van der Waals surface area contributed by atoms with Gasteiger partial charge < -0.3 is 10.6 Å². The van der Waals surface area contributed by atoms with E-state index in [1.165, 1.54) is 6.07 Å². The van der Waals surface area contributed by atoms with Gasteiger partial charge in [0.15, 0.2) is 0 Å². The lowest BCUT2D eigenvalue weighted by molar-refractivity contribution is 0.0948. The maximum Gasteiger partial charge on any atom is 0.255 e. The average Bonchev–Trinajstić information content (AvgIpc) is 2.28. The highest BCUT2D eigenvalue weighted by Crippen LogP contribution is 2.19. The molecule has 0 spiro atoms. The quantitative estimate of drug-likeness (QED) is 0.792. The predicted octanol–water partition coefficient (Wildman–Crippen LogP) is 2.32. The largest absolute Gasteiger partial charge is 0.352 e. The zero-order valence-corrected chi connectivity index (χ0v) is 11.3. The summed E-state index contributed by atoms with van der Waals surface area (Å²) >= 11 is 3.17. The van der Waals surface area contributed by atoms with E-state index in [0.717, 1.165) is 19.5 Å². The van der Waals surface area contributed by atoms with Crippen LogP contribution in [-0.4, -0.2) is 25.5 Å². The van der Waals surface area contributed by atoms with Crippen LogP contribution in [-0.2, 0) is 0 Å². The molecule has 0 radical (unpaired) electrons. The van der Waals surface area contributed by atoms with Gasteiger partial charge >= 0.3 is 0 Å². The van der Waals surface area contributed by atoms with E-state index in [9.17, 15) is 9.18 Å². The van der Waals surface area contributed by atoms with Gasteiger partial charge in [-0.05, 0) is 47.6 Å². The van der Waals surface area contributed by atoms with Crippen LogP contribution in [0, 0.1) is 5.82 Å². The molecule has 1 amide bonds. The number of hydrogen-bond acceptors (Lipinski definition) is 2. The minimum atomic E-state index is -0.511. The van der Waals surface area contributed by atoms with Crippen molar-refractivity contribution < 1.29 is 9.18 Å². The van der Waals surface area contributed by atoms with Crippen LogP contribution in [0.3, 0.4) is 0 Å². The van der Waals surface area contributed by atoms with Crippen molar-refractivity contribution in [1.29, 1.82) is 0 Å². The van der Waals surface area contributed by atoms with Crippen LogP contribution in [0.1, 0.15) is 23.7 Å². The average molecular weight is 303 g/mol. The summed E-state index contributed by atoms with van der Waals surface area (Å²) in [6, 6.07) is 4.48. The third kappa shape index (κ3) is 4.44. The number of benzene rings is 1. The molecule has 2 N–H and O–H groups in total. The maximum atomic E-state index is 13.4. The van der Waals surface area contributed by atoms with Crippen molar-refractivity contribution >= 4 is 21.8 Å². The number of nitrogens with one attached hydrogen (secondary N) is 2. The number of hydrogen-bond donors (Lipinski definition) is 2. The number of carbonyl (C=O) groups is 1. The highest BCUT2D eigenvalue weighted by molar-refractivity contribution is 9.10. The molecule has 1 aromatic rings. The Hall–Kier alpha value is -0.940. The van der Waals surface area contributed by atoms with Gasteiger partial charge in [-0.2, -0.15) is 0 Å². The second-order valence-corrected chi connectivity index (χ2v) is 4.41. The minimum Gasteiger partial charge on any atom is -0.352 e. The van der Waals surface area contributed by atoms with Crippen LogP contribution in [0.15, 0.2) is 22.7 Å². The van der Waals surface area contributed by atoms with Crippen molar-refractivity contribution in [3.8, 4) is 0 Å². The standard InChI is InChI=1S/C12H16BrFN2O/c1-2-15-7-4-8-16-12(17)11-9(13)5-3-6-10(11)14/h3,5-6,15H,2,4,7-8H2,1H3,(H,16,17). The fourth-order valence-electron chi connectivity index (χ4n) is 1.40. The normalized spacial score (nSPS) is 10.3.